The van der Waals surface area contributed by atoms with E-state index < -0.39 is 198 Å². The SMILES string of the molecule is CN(C)CCOCC1OC(OC2C(CO)OC(OC3C(COCC[N+](C)(C)CCN(C)C)OC(ON[C@H](C=O)CCC(=O)O)C(O)C3O)C(O)C2O)C(O)C(O)C1OC1OC(CON[C@H](C=O)CCC(=O)O)C(ON[C@H](C=O)CCC(=O)O)C(O)C1O. The van der Waals surface area contributed by atoms with Gasteiger partial charge in [-0.05, 0) is 47.5 Å². The van der Waals surface area contributed by atoms with Crippen LogP contribution < -0.4 is 16.4 Å². The number of hydrogen-bond acceptors (Lipinski definition) is 32. The molecular formula is C51H91N6O30+. The summed E-state index contributed by atoms with van der Waals surface area (Å²) in [5.41, 5.74) is 6.98. The summed E-state index contributed by atoms with van der Waals surface area (Å²) in [5.74, 6) is -3.66. The number of carboxylic acids is 3. The molecule has 0 aromatic rings. The highest BCUT2D eigenvalue weighted by Gasteiger charge is 2.56. The van der Waals surface area contributed by atoms with E-state index in [2.05, 4.69) is 16.4 Å². The van der Waals surface area contributed by atoms with Crippen molar-refractivity contribution in [3.05, 3.63) is 0 Å². The van der Waals surface area contributed by atoms with Crippen molar-refractivity contribution in [3.63, 3.8) is 0 Å². The van der Waals surface area contributed by atoms with Crippen molar-refractivity contribution in [2.24, 2.45) is 0 Å². The van der Waals surface area contributed by atoms with Gasteiger partial charge in [-0.15, -0.1) is 0 Å². The van der Waals surface area contributed by atoms with E-state index in [0.717, 1.165) is 13.1 Å². The zero-order valence-electron chi connectivity index (χ0n) is 49.4. The molecule has 20 unspecified atom stereocenters. The summed E-state index contributed by atoms with van der Waals surface area (Å²) >= 11 is 0. The van der Waals surface area contributed by atoms with Crippen LogP contribution >= 0.6 is 0 Å². The molecule has 0 spiro atoms. The Morgan fingerprint density at radius 2 is 0.851 bits per heavy atom. The van der Waals surface area contributed by atoms with Crippen molar-refractivity contribution >= 4 is 36.8 Å². The maximum atomic E-state index is 11.8. The molecule has 4 aliphatic heterocycles. The van der Waals surface area contributed by atoms with E-state index in [1.807, 2.05) is 33.1 Å². The normalized spacial score (nSPS) is 34.3. The Hall–Kier alpha value is -3.66. The van der Waals surface area contributed by atoms with Crippen LogP contribution in [0.3, 0.4) is 0 Å². The van der Waals surface area contributed by atoms with Gasteiger partial charge in [0, 0.05) is 32.4 Å². The molecule has 504 valence electrons. The number of aliphatic carboxylic acids is 3. The van der Waals surface area contributed by atoms with Gasteiger partial charge < -0.3 is 133 Å². The van der Waals surface area contributed by atoms with Crippen LogP contribution in [0.2, 0.25) is 0 Å². The summed E-state index contributed by atoms with van der Waals surface area (Å²) in [7, 11) is 11.3. The number of aliphatic hydroxyl groups excluding tert-OH is 9. The Balaban J connectivity index is 1.55. The van der Waals surface area contributed by atoms with Crippen LogP contribution in [0.1, 0.15) is 38.5 Å². The van der Waals surface area contributed by atoms with E-state index in [9.17, 15) is 74.7 Å². The second-order valence-corrected chi connectivity index (χ2v) is 22.6. The Morgan fingerprint density at radius 1 is 0.483 bits per heavy atom. The molecule has 0 aromatic carbocycles. The number of quaternary nitrogens is 1. The number of hydroxylamine groups is 3. The number of aliphatic hydroxyl groups is 9. The van der Waals surface area contributed by atoms with Gasteiger partial charge in [-0.1, -0.05) is 0 Å². The van der Waals surface area contributed by atoms with Crippen LogP contribution in [0.15, 0.2) is 0 Å². The molecular weight excluding hydrogens is 1180 g/mol. The van der Waals surface area contributed by atoms with E-state index in [1.165, 1.54) is 0 Å². The van der Waals surface area contributed by atoms with Gasteiger partial charge in [0.15, 0.2) is 18.9 Å². The number of rotatable bonds is 42. The first kappa shape index (κ1) is 75.8. The summed E-state index contributed by atoms with van der Waals surface area (Å²) < 4.78 is 54.4. The minimum Gasteiger partial charge on any atom is -0.481 e. The topological polar surface area (TPSA) is 499 Å². The molecule has 0 radical (unpaired) electrons. The largest absolute Gasteiger partial charge is 0.481 e. The maximum Gasteiger partial charge on any atom is 0.303 e. The number of nitrogens with one attached hydrogen (secondary N) is 3. The summed E-state index contributed by atoms with van der Waals surface area (Å²) in [6, 6.07) is -3.60. The molecule has 15 N–H and O–H groups in total. The number of aldehydes is 3. The first-order valence-corrected chi connectivity index (χ1v) is 28.3. The lowest BCUT2D eigenvalue weighted by Crippen LogP contribution is -2.68. The Kier molecular flexibility index (Phi) is 32.8. The number of hydrogen-bond donors (Lipinski definition) is 15. The maximum absolute atomic E-state index is 11.8. The number of carbonyl (C=O) groups excluding carboxylic acids is 3. The van der Waals surface area contributed by atoms with E-state index in [4.69, 9.17) is 72.5 Å². The van der Waals surface area contributed by atoms with E-state index >= 15 is 0 Å². The van der Waals surface area contributed by atoms with Gasteiger partial charge in [0.05, 0.1) is 78.4 Å². The average Bonchev–Trinajstić information content (AvgIpc) is 1.05. The van der Waals surface area contributed by atoms with Crippen LogP contribution in [0.4, 0.5) is 0 Å². The number of carboxylic acid groups (broad SMARTS) is 3. The van der Waals surface area contributed by atoms with Crippen molar-refractivity contribution in [2.75, 3.05) is 108 Å². The number of nitrogens with zero attached hydrogens (tertiary/aromatic N) is 3. The summed E-state index contributed by atoms with van der Waals surface area (Å²) in [4.78, 5) is 88.8. The van der Waals surface area contributed by atoms with Gasteiger partial charge in [0.25, 0.3) is 0 Å². The molecule has 23 atom stereocenters. The van der Waals surface area contributed by atoms with Crippen molar-refractivity contribution < 1.29 is 152 Å². The van der Waals surface area contributed by atoms with Crippen LogP contribution in [0, 0.1) is 0 Å². The molecule has 87 heavy (non-hydrogen) atoms. The van der Waals surface area contributed by atoms with Crippen molar-refractivity contribution in [1.29, 1.82) is 0 Å². The Bertz CT molecular complexity index is 2060. The second kappa shape index (κ2) is 37.6. The van der Waals surface area contributed by atoms with Crippen LogP contribution in [-0.4, -0.2) is 361 Å². The quantitative estimate of drug-likeness (QED) is 0.0117. The Labute approximate surface area is 501 Å². The average molecular weight is 1270 g/mol. The summed E-state index contributed by atoms with van der Waals surface area (Å²) in [5, 5.41) is 130. The molecule has 4 fully saturated rings. The van der Waals surface area contributed by atoms with E-state index in [-0.39, 0.29) is 39.1 Å². The third-order valence-corrected chi connectivity index (χ3v) is 14.5. The fraction of sp³-hybridized carbons (Fsp3) is 0.882. The Morgan fingerprint density at radius 3 is 1.28 bits per heavy atom. The first-order valence-electron chi connectivity index (χ1n) is 28.3. The number of ether oxygens (including phenoxy) is 9. The van der Waals surface area contributed by atoms with Gasteiger partial charge in [-0.25, -0.2) is 0 Å². The molecule has 4 rings (SSSR count). The zero-order valence-corrected chi connectivity index (χ0v) is 49.4. The molecule has 0 aromatic heterocycles. The number of likely N-dealkylation sites (N-methyl/N-ethyl adjacent to an activating group) is 3. The molecule has 0 aliphatic carbocycles. The minimum atomic E-state index is -2.16. The zero-order chi connectivity index (χ0) is 64.7. The predicted molar refractivity (Wildman–Crippen MR) is 286 cm³/mol. The lowest BCUT2D eigenvalue weighted by Gasteiger charge is -2.49. The van der Waals surface area contributed by atoms with Gasteiger partial charge >= 0.3 is 17.9 Å². The van der Waals surface area contributed by atoms with Gasteiger partial charge in [-0.2, -0.15) is 16.4 Å². The highest BCUT2D eigenvalue weighted by Crippen LogP contribution is 2.35. The highest BCUT2D eigenvalue weighted by molar-refractivity contribution is 5.69. The summed E-state index contributed by atoms with van der Waals surface area (Å²) in [6.45, 7) is 0.0826. The van der Waals surface area contributed by atoms with Crippen LogP contribution in [0.25, 0.3) is 0 Å². The van der Waals surface area contributed by atoms with Crippen LogP contribution in [-0.2, 0) is 85.9 Å². The fourth-order valence-corrected chi connectivity index (χ4v) is 9.12. The van der Waals surface area contributed by atoms with Crippen molar-refractivity contribution in [1.82, 2.24) is 26.2 Å². The first-order chi connectivity index (χ1) is 41.1. The second-order valence-electron chi connectivity index (χ2n) is 22.6. The van der Waals surface area contributed by atoms with Crippen molar-refractivity contribution in [2.45, 2.75) is 179 Å². The van der Waals surface area contributed by atoms with Crippen LogP contribution in [0.5, 0.6) is 0 Å². The van der Waals surface area contributed by atoms with Crippen molar-refractivity contribution in [3.8, 4) is 0 Å². The fourth-order valence-electron chi connectivity index (χ4n) is 9.12. The molecule has 0 bridgehead atoms. The van der Waals surface area contributed by atoms with E-state index in [1.54, 1.807) is 19.0 Å². The number of carbonyl (C=O) groups is 6. The molecule has 0 amide bonds. The molecule has 4 aliphatic rings. The smallest absolute Gasteiger partial charge is 0.303 e. The third-order valence-electron chi connectivity index (χ3n) is 14.5. The highest BCUT2D eigenvalue weighted by atomic mass is 16.8. The van der Waals surface area contributed by atoms with E-state index in [0.29, 0.717) is 36.4 Å². The van der Waals surface area contributed by atoms with Gasteiger partial charge in [0.2, 0.25) is 6.29 Å². The third kappa shape index (κ3) is 24.2. The molecule has 36 heteroatoms. The summed E-state index contributed by atoms with van der Waals surface area (Å²) in [6.07, 6.45) is -38.1. The standard InChI is InChI=1S/C51H90N6O30/c1-55(2)13-15-57(5,6)16-18-77-24-31-46(38(70)43(75)51(82-31)87-54-28(21-60)9-12-35(66)67)84-48-40(72)36(68)44(29(22-61)79-48)83-49-41(73)37(69)45(30(80-49)23-76-17-14-56(3)4)85-50-42(74)39(71)47(86-53-27(20-59)8-11-34(64)65)32(81-50)25-78-52-26(19-58)7-10-33(62)63/h19-21,26-32,36-54,61,68-75H,7-18,22-25H2,1-6H3,(H2-,62,63,64,65,66,67)/p+1/t26-,27-,28-,29?,30?,31?,32?,36?,37?,38?,39?,40?,41?,42?,43?,44?,45?,46?,47?,48?,49?,50?,51?/m0/s1. The lowest BCUT2D eigenvalue weighted by atomic mass is 9.95. The molecule has 36 nitrogen and oxygen atoms in total. The predicted octanol–water partition coefficient (Wildman–Crippen LogP) is -8.62. The molecule has 4 saturated heterocycles. The lowest BCUT2D eigenvalue weighted by molar-refractivity contribution is -0.890. The van der Waals surface area contributed by atoms with Gasteiger partial charge in [0.1, 0.15) is 123 Å². The molecule has 0 saturated carbocycles. The minimum absolute atomic E-state index is 0.0420. The van der Waals surface area contributed by atoms with Gasteiger partial charge in [-0.3, -0.25) is 28.9 Å². The molecule has 4 heterocycles. The monoisotopic (exact) mass is 1270 g/mol.